The van der Waals surface area contributed by atoms with Gasteiger partial charge in [-0.05, 0) is 31.2 Å². The maximum absolute atomic E-state index is 12.7. The van der Waals surface area contributed by atoms with E-state index in [4.69, 9.17) is 0 Å². The molecule has 126 valence electrons. The molecule has 0 radical (unpaired) electrons. The van der Waals surface area contributed by atoms with Gasteiger partial charge in [-0.25, -0.2) is 0 Å². The Bertz CT molecular complexity index is 841. The van der Waals surface area contributed by atoms with E-state index in [2.05, 4.69) is 5.32 Å². The monoisotopic (exact) mass is 338 g/mol. The van der Waals surface area contributed by atoms with Crippen molar-refractivity contribution in [3.05, 3.63) is 64.1 Å². The molecule has 0 aliphatic heterocycles. The van der Waals surface area contributed by atoms with Crippen LogP contribution in [-0.4, -0.2) is 16.3 Å². The quantitative estimate of drug-likeness (QED) is 0.872. The van der Waals surface area contributed by atoms with E-state index < -0.39 is 29.8 Å². The van der Waals surface area contributed by atoms with E-state index >= 15 is 0 Å². The topological polar surface area (TPSA) is 68.2 Å². The minimum absolute atomic E-state index is 0.194. The summed E-state index contributed by atoms with van der Waals surface area (Å²) in [7, 11) is 0. The molecule has 1 aromatic carbocycles. The van der Waals surface area contributed by atoms with Crippen molar-refractivity contribution in [2.75, 3.05) is 5.32 Å². The van der Waals surface area contributed by atoms with Gasteiger partial charge >= 0.3 is 6.18 Å². The van der Waals surface area contributed by atoms with Crippen LogP contribution in [0.3, 0.4) is 0 Å². The lowest BCUT2D eigenvalue weighted by Gasteiger charge is -2.11. The summed E-state index contributed by atoms with van der Waals surface area (Å²) in [6.07, 6.45) is -3.68. The second-order valence-corrected chi connectivity index (χ2v) is 5.04. The van der Waals surface area contributed by atoms with E-state index in [1.165, 1.54) is 19.1 Å². The van der Waals surface area contributed by atoms with Crippen LogP contribution in [0.5, 0.6) is 0 Å². The molecular weight excluding hydrogens is 325 g/mol. The molecule has 0 saturated heterocycles. The van der Waals surface area contributed by atoms with Crippen LogP contribution >= 0.6 is 0 Å². The van der Waals surface area contributed by atoms with Gasteiger partial charge in [-0.2, -0.15) is 13.2 Å². The Hall–Kier alpha value is -2.90. The zero-order valence-corrected chi connectivity index (χ0v) is 12.6. The number of anilines is 1. The zero-order valence-electron chi connectivity index (χ0n) is 12.6. The van der Waals surface area contributed by atoms with Gasteiger partial charge in [0.2, 0.25) is 5.91 Å². The number of Topliss-reactive ketones (excluding diaryl/α,β-unsaturated/α-hetero) is 1. The minimum Gasteiger partial charge on any atom is -0.325 e. The lowest BCUT2D eigenvalue weighted by Crippen LogP contribution is -2.31. The van der Waals surface area contributed by atoms with Crippen LogP contribution < -0.4 is 10.9 Å². The molecule has 0 atom stereocenters. The summed E-state index contributed by atoms with van der Waals surface area (Å²) in [6.45, 7) is 0.788. The molecule has 1 amide bonds. The van der Waals surface area contributed by atoms with Crippen molar-refractivity contribution in [3.63, 3.8) is 0 Å². The highest BCUT2D eigenvalue weighted by Gasteiger charge is 2.34. The van der Waals surface area contributed by atoms with Gasteiger partial charge in [0.25, 0.3) is 5.56 Å². The fraction of sp³-hybridized carbons (Fsp3) is 0.188. The third kappa shape index (κ3) is 4.09. The highest BCUT2D eigenvalue weighted by molar-refractivity contribution is 5.97. The van der Waals surface area contributed by atoms with E-state index in [1.54, 1.807) is 12.1 Å². The number of alkyl halides is 3. The molecule has 1 N–H and O–H groups in total. The maximum Gasteiger partial charge on any atom is 0.421 e. The molecule has 0 unspecified atom stereocenters. The van der Waals surface area contributed by atoms with Gasteiger partial charge in [-0.3, -0.25) is 14.4 Å². The Morgan fingerprint density at radius 3 is 2.50 bits per heavy atom. The molecular formula is C16H13F3N2O3. The number of ketones is 1. The minimum atomic E-state index is -4.79. The number of rotatable bonds is 4. The molecule has 0 bridgehead atoms. The molecule has 2 rings (SSSR count). The van der Waals surface area contributed by atoms with Crippen LogP contribution in [0.4, 0.5) is 18.9 Å². The predicted octanol–water partition coefficient (Wildman–Crippen LogP) is 2.71. The number of carbonyl (C=O) groups is 2. The number of nitrogens with one attached hydrogen (secondary N) is 1. The zero-order chi connectivity index (χ0) is 17.9. The van der Waals surface area contributed by atoms with Crippen molar-refractivity contribution in [1.82, 2.24) is 4.57 Å². The van der Waals surface area contributed by atoms with E-state index in [-0.39, 0.29) is 5.78 Å². The van der Waals surface area contributed by atoms with Gasteiger partial charge in [-0.1, -0.05) is 12.1 Å². The molecule has 0 saturated carbocycles. The van der Waals surface area contributed by atoms with Crippen LogP contribution in [0.15, 0.2) is 47.4 Å². The Morgan fingerprint density at radius 2 is 1.88 bits per heavy atom. The lowest BCUT2D eigenvalue weighted by atomic mass is 10.1. The van der Waals surface area contributed by atoms with Gasteiger partial charge in [0.05, 0.1) is 0 Å². The largest absolute Gasteiger partial charge is 0.421 e. The summed E-state index contributed by atoms with van der Waals surface area (Å²) < 4.78 is 38.7. The number of halogens is 3. The SMILES string of the molecule is CC(=O)c1cccc(NC(=O)Cn2cccc(C(F)(F)F)c2=O)c1. The van der Waals surface area contributed by atoms with Crippen LogP contribution in [0.25, 0.3) is 0 Å². The van der Waals surface area contributed by atoms with Crippen molar-refractivity contribution in [3.8, 4) is 0 Å². The molecule has 0 aliphatic rings. The first-order valence-corrected chi connectivity index (χ1v) is 6.86. The Morgan fingerprint density at radius 1 is 1.17 bits per heavy atom. The Labute approximate surface area is 134 Å². The predicted molar refractivity (Wildman–Crippen MR) is 80.8 cm³/mol. The van der Waals surface area contributed by atoms with Crippen molar-refractivity contribution >= 4 is 17.4 Å². The number of nitrogens with zero attached hydrogens (tertiary/aromatic N) is 1. The van der Waals surface area contributed by atoms with Crippen LogP contribution in [0.2, 0.25) is 0 Å². The van der Waals surface area contributed by atoms with Gasteiger partial charge in [-0.15, -0.1) is 0 Å². The van der Waals surface area contributed by atoms with Gasteiger partial charge in [0, 0.05) is 17.4 Å². The summed E-state index contributed by atoms with van der Waals surface area (Å²) >= 11 is 0. The van der Waals surface area contributed by atoms with Crippen molar-refractivity contribution in [2.24, 2.45) is 0 Å². The third-order valence-corrected chi connectivity index (χ3v) is 3.19. The summed E-state index contributed by atoms with van der Waals surface area (Å²) in [4.78, 5) is 35.0. The van der Waals surface area contributed by atoms with Crippen molar-refractivity contribution in [2.45, 2.75) is 19.6 Å². The van der Waals surface area contributed by atoms with Crippen LogP contribution in [-0.2, 0) is 17.5 Å². The fourth-order valence-corrected chi connectivity index (χ4v) is 2.05. The molecule has 8 heteroatoms. The van der Waals surface area contributed by atoms with Crippen molar-refractivity contribution in [1.29, 1.82) is 0 Å². The van der Waals surface area contributed by atoms with Crippen molar-refractivity contribution < 1.29 is 22.8 Å². The van der Waals surface area contributed by atoms with Gasteiger partial charge < -0.3 is 9.88 Å². The second kappa shape index (κ2) is 6.69. The average Bonchev–Trinajstić information content (AvgIpc) is 2.48. The number of benzene rings is 1. The summed E-state index contributed by atoms with van der Waals surface area (Å²) in [5.74, 6) is -0.877. The second-order valence-electron chi connectivity index (χ2n) is 5.04. The van der Waals surface area contributed by atoms with Crippen LogP contribution in [0, 0.1) is 0 Å². The first-order chi connectivity index (χ1) is 11.2. The first-order valence-electron chi connectivity index (χ1n) is 6.86. The smallest absolute Gasteiger partial charge is 0.325 e. The lowest BCUT2D eigenvalue weighted by molar-refractivity contribution is -0.139. The van der Waals surface area contributed by atoms with E-state index in [0.29, 0.717) is 21.9 Å². The third-order valence-electron chi connectivity index (χ3n) is 3.19. The molecule has 0 fully saturated rings. The Kier molecular flexibility index (Phi) is 4.87. The molecule has 1 aromatic heterocycles. The highest BCUT2D eigenvalue weighted by atomic mass is 19.4. The van der Waals surface area contributed by atoms with E-state index in [0.717, 1.165) is 12.3 Å². The van der Waals surface area contributed by atoms with E-state index in [9.17, 15) is 27.6 Å². The Balaban J connectivity index is 2.18. The number of carbonyl (C=O) groups excluding carboxylic acids is 2. The number of pyridine rings is 1. The molecule has 0 aliphatic carbocycles. The molecule has 5 nitrogen and oxygen atoms in total. The van der Waals surface area contributed by atoms with Crippen LogP contribution in [0.1, 0.15) is 22.8 Å². The standard InChI is InChI=1S/C16H13F3N2O3/c1-10(22)11-4-2-5-12(8-11)20-14(23)9-21-7-3-6-13(15(21)24)16(17,18)19/h2-8H,9H2,1H3,(H,20,23). The van der Waals surface area contributed by atoms with Gasteiger partial charge in [0.15, 0.2) is 5.78 Å². The first kappa shape index (κ1) is 17.5. The summed E-state index contributed by atoms with van der Waals surface area (Å²) in [5.41, 5.74) is -1.94. The summed E-state index contributed by atoms with van der Waals surface area (Å²) in [5, 5.41) is 2.44. The van der Waals surface area contributed by atoms with Gasteiger partial charge in [0.1, 0.15) is 12.1 Å². The fourth-order valence-electron chi connectivity index (χ4n) is 2.05. The highest BCUT2D eigenvalue weighted by Crippen LogP contribution is 2.25. The molecule has 24 heavy (non-hydrogen) atoms. The number of hydrogen-bond acceptors (Lipinski definition) is 3. The number of hydrogen-bond donors (Lipinski definition) is 1. The maximum atomic E-state index is 12.7. The molecule has 0 spiro atoms. The summed E-state index contributed by atoms with van der Waals surface area (Å²) in [6, 6.07) is 7.80. The molecule has 2 aromatic rings. The average molecular weight is 338 g/mol. The number of amides is 1. The van der Waals surface area contributed by atoms with E-state index in [1.807, 2.05) is 0 Å². The normalized spacial score (nSPS) is 11.2. The number of aromatic nitrogens is 1. The molecule has 1 heterocycles.